The highest BCUT2D eigenvalue weighted by atomic mass is 35.5. The highest BCUT2D eigenvalue weighted by Gasteiger charge is 2.26. The molecular formula is C22H16ClNO2S2. The zero-order valence-electron chi connectivity index (χ0n) is 14.8. The van der Waals surface area contributed by atoms with Crippen LogP contribution in [0.3, 0.4) is 0 Å². The fourth-order valence-corrected chi connectivity index (χ4v) is 5.50. The Morgan fingerprint density at radius 2 is 1.89 bits per heavy atom. The summed E-state index contributed by atoms with van der Waals surface area (Å²) in [6.45, 7) is 0. The van der Waals surface area contributed by atoms with Gasteiger partial charge in [-0.3, -0.25) is 9.17 Å². The Kier molecular flexibility index (Phi) is 4.59. The van der Waals surface area contributed by atoms with Gasteiger partial charge in [-0.2, -0.15) is 0 Å². The molecule has 4 aromatic rings. The highest BCUT2D eigenvalue weighted by molar-refractivity contribution is 7.19. The van der Waals surface area contributed by atoms with Crippen molar-refractivity contribution in [1.82, 2.24) is 4.37 Å². The second-order valence-corrected chi connectivity index (χ2v) is 9.29. The molecule has 0 unspecified atom stereocenters. The first-order valence-corrected chi connectivity index (χ1v) is 11.0. The Labute approximate surface area is 175 Å². The van der Waals surface area contributed by atoms with Crippen molar-refractivity contribution in [2.75, 3.05) is 0 Å². The molecule has 0 saturated heterocycles. The SMILES string of the molecule is O=c1cc(-c2ccc(O[C@@H]3CCc4c(-c5ccc(Cl)s5)cccc43)cc2)s[nH]1. The molecule has 5 rings (SSSR count). The lowest BCUT2D eigenvalue weighted by atomic mass is 10.0. The molecule has 1 N–H and O–H groups in total. The van der Waals surface area contributed by atoms with Gasteiger partial charge in [0, 0.05) is 10.9 Å². The maximum Gasteiger partial charge on any atom is 0.258 e. The quantitative estimate of drug-likeness (QED) is 0.402. The molecule has 1 atom stereocenters. The van der Waals surface area contributed by atoms with Crippen LogP contribution in [-0.2, 0) is 6.42 Å². The summed E-state index contributed by atoms with van der Waals surface area (Å²) in [5.41, 5.74) is 4.83. The van der Waals surface area contributed by atoms with Crippen molar-refractivity contribution in [3.63, 3.8) is 0 Å². The Balaban J connectivity index is 1.39. The van der Waals surface area contributed by atoms with Crippen LogP contribution in [-0.4, -0.2) is 4.37 Å². The lowest BCUT2D eigenvalue weighted by Crippen LogP contribution is -2.03. The maximum atomic E-state index is 11.3. The van der Waals surface area contributed by atoms with Gasteiger partial charge in [-0.25, -0.2) is 0 Å². The van der Waals surface area contributed by atoms with E-state index in [1.807, 2.05) is 30.3 Å². The molecule has 2 aromatic carbocycles. The maximum absolute atomic E-state index is 11.3. The molecule has 0 fully saturated rings. The molecule has 2 aromatic heterocycles. The number of benzene rings is 2. The third-order valence-corrected chi connectivity index (χ3v) is 7.14. The predicted octanol–water partition coefficient (Wildman–Crippen LogP) is 6.55. The highest BCUT2D eigenvalue weighted by Crippen LogP contribution is 2.42. The van der Waals surface area contributed by atoms with Crippen molar-refractivity contribution < 1.29 is 4.74 Å². The number of hydrogen-bond acceptors (Lipinski definition) is 4. The summed E-state index contributed by atoms with van der Waals surface area (Å²) in [5.74, 6) is 0.842. The van der Waals surface area contributed by atoms with Crippen molar-refractivity contribution in [3.8, 4) is 26.6 Å². The number of H-pyrrole nitrogens is 1. The minimum atomic E-state index is -0.0641. The third kappa shape index (κ3) is 3.30. The number of hydrogen-bond donors (Lipinski definition) is 1. The van der Waals surface area contributed by atoms with Crippen LogP contribution in [0.25, 0.3) is 20.9 Å². The van der Waals surface area contributed by atoms with Crippen LogP contribution >= 0.6 is 34.5 Å². The Hall–Kier alpha value is -2.34. The zero-order chi connectivity index (χ0) is 19.1. The summed E-state index contributed by atoms with van der Waals surface area (Å²) in [6, 6.07) is 20.0. The fourth-order valence-electron chi connectivity index (χ4n) is 3.72. The van der Waals surface area contributed by atoms with Crippen molar-refractivity contribution in [1.29, 1.82) is 0 Å². The number of thiophene rings is 1. The average molecular weight is 426 g/mol. The van der Waals surface area contributed by atoms with Gasteiger partial charge in [-0.1, -0.05) is 41.3 Å². The molecule has 0 radical (unpaired) electrons. The van der Waals surface area contributed by atoms with Gasteiger partial charge in [0.2, 0.25) is 0 Å². The Morgan fingerprint density at radius 3 is 2.61 bits per heavy atom. The summed E-state index contributed by atoms with van der Waals surface area (Å²) in [5, 5.41) is 0. The van der Waals surface area contributed by atoms with E-state index in [2.05, 4.69) is 28.6 Å². The van der Waals surface area contributed by atoms with Crippen molar-refractivity contribution in [3.05, 3.63) is 86.5 Å². The van der Waals surface area contributed by atoms with E-state index in [9.17, 15) is 4.79 Å². The molecule has 0 bridgehead atoms. The van der Waals surface area contributed by atoms with Gasteiger partial charge < -0.3 is 4.74 Å². The van der Waals surface area contributed by atoms with Gasteiger partial charge in [-0.05, 0) is 71.5 Å². The van der Waals surface area contributed by atoms with Crippen LogP contribution in [0.1, 0.15) is 23.7 Å². The minimum absolute atomic E-state index is 0.0551. The first-order chi connectivity index (χ1) is 13.7. The first kappa shape index (κ1) is 17.7. The van der Waals surface area contributed by atoms with E-state index < -0.39 is 0 Å². The van der Waals surface area contributed by atoms with Gasteiger partial charge in [0.1, 0.15) is 11.9 Å². The summed E-state index contributed by atoms with van der Waals surface area (Å²) < 4.78 is 9.84. The van der Waals surface area contributed by atoms with Crippen LogP contribution in [0, 0.1) is 0 Å². The Morgan fingerprint density at radius 1 is 1.04 bits per heavy atom. The van der Waals surface area contributed by atoms with Crippen LogP contribution in [0.4, 0.5) is 0 Å². The number of rotatable bonds is 4. The molecule has 1 aliphatic rings. The number of nitrogens with one attached hydrogen (secondary N) is 1. The molecule has 1 aliphatic carbocycles. The zero-order valence-corrected chi connectivity index (χ0v) is 17.2. The molecule has 6 heteroatoms. The molecule has 140 valence electrons. The molecule has 0 saturated carbocycles. The molecular weight excluding hydrogens is 410 g/mol. The Bertz CT molecular complexity index is 1190. The van der Waals surface area contributed by atoms with Crippen LogP contribution in [0.15, 0.2) is 65.5 Å². The molecule has 2 heterocycles. The van der Waals surface area contributed by atoms with Crippen LogP contribution < -0.4 is 10.3 Å². The second kappa shape index (κ2) is 7.24. The lowest BCUT2D eigenvalue weighted by Gasteiger charge is -2.16. The van der Waals surface area contributed by atoms with Crippen molar-refractivity contribution in [2.24, 2.45) is 0 Å². The molecule has 3 nitrogen and oxygen atoms in total. The van der Waals surface area contributed by atoms with Gasteiger partial charge in [-0.15, -0.1) is 11.3 Å². The molecule has 0 spiro atoms. The summed E-state index contributed by atoms with van der Waals surface area (Å²) >= 11 is 9.09. The fraction of sp³-hybridized carbons (Fsp3) is 0.136. The van der Waals surface area contributed by atoms with E-state index in [-0.39, 0.29) is 11.7 Å². The van der Waals surface area contributed by atoms with Gasteiger partial charge in [0.25, 0.3) is 5.56 Å². The molecule has 0 amide bonds. The van der Waals surface area contributed by atoms with E-state index in [0.717, 1.165) is 33.4 Å². The number of ether oxygens (including phenoxy) is 1. The van der Waals surface area contributed by atoms with Gasteiger partial charge in [0.15, 0.2) is 0 Å². The van der Waals surface area contributed by atoms with E-state index in [1.54, 1.807) is 17.4 Å². The summed E-state index contributed by atoms with van der Waals surface area (Å²) in [4.78, 5) is 13.5. The topological polar surface area (TPSA) is 42.1 Å². The minimum Gasteiger partial charge on any atom is -0.486 e. The van der Waals surface area contributed by atoms with Crippen molar-refractivity contribution >= 4 is 34.5 Å². The largest absolute Gasteiger partial charge is 0.486 e. The van der Waals surface area contributed by atoms with E-state index in [1.165, 1.54) is 33.1 Å². The third-order valence-electron chi connectivity index (χ3n) is 5.00. The van der Waals surface area contributed by atoms with E-state index >= 15 is 0 Å². The monoisotopic (exact) mass is 425 g/mol. The predicted molar refractivity (Wildman–Crippen MR) is 117 cm³/mol. The standard InChI is InChI=1S/C22H16ClNO2S2/c23-21-11-10-19(27-21)17-3-1-2-16-15(17)8-9-18(16)26-14-6-4-13(5-7-14)20-12-22(25)24-28-20/h1-7,10-12,18H,8-9H2,(H,24,25)/t18-/m1/s1. The van der Waals surface area contributed by atoms with Gasteiger partial charge >= 0.3 is 0 Å². The lowest BCUT2D eigenvalue weighted by molar-refractivity contribution is 0.207. The second-order valence-electron chi connectivity index (χ2n) is 6.72. The van der Waals surface area contributed by atoms with Gasteiger partial charge in [0.05, 0.1) is 9.21 Å². The van der Waals surface area contributed by atoms with E-state index in [4.69, 9.17) is 16.3 Å². The number of aromatic nitrogens is 1. The molecule has 0 aliphatic heterocycles. The smallest absolute Gasteiger partial charge is 0.258 e. The van der Waals surface area contributed by atoms with Crippen LogP contribution in [0.5, 0.6) is 5.75 Å². The van der Waals surface area contributed by atoms with Crippen molar-refractivity contribution in [2.45, 2.75) is 18.9 Å². The number of aromatic amines is 1. The molecule has 28 heavy (non-hydrogen) atoms. The average Bonchev–Trinajstić information content (AvgIpc) is 3.43. The van der Waals surface area contributed by atoms with E-state index in [0.29, 0.717) is 0 Å². The van der Waals surface area contributed by atoms with Crippen LogP contribution in [0.2, 0.25) is 4.34 Å². The summed E-state index contributed by atoms with van der Waals surface area (Å²) in [6.07, 6.45) is 2.02. The number of halogens is 1. The summed E-state index contributed by atoms with van der Waals surface area (Å²) in [7, 11) is 0. The number of fused-ring (bicyclic) bond motifs is 1. The first-order valence-electron chi connectivity index (χ1n) is 9.00. The normalized spacial score (nSPS) is 15.5.